The summed E-state index contributed by atoms with van der Waals surface area (Å²) >= 11 is 5.95. The molecule has 1 heterocycles. The van der Waals surface area contributed by atoms with E-state index >= 15 is 0 Å². The van der Waals surface area contributed by atoms with E-state index in [1.807, 2.05) is 0 Å². The van der Waals surface area contributed by atoms with Gasteiger partial charge in [0.1, 0.15) is 5.82 Å². The molecule has 22 heavy (non-hydrogen) atoms. The Morgan fingerprint density at radius 2 is 2.00 bits per heavy atom. The number of rotatable bonds is 4. The minimum atomic E-state index is -0.580. The van der Waals surface area contributed by atoms with Crippen molar-refractivity contribution in [2.24, 2.45) is 5.92 Å². The zero-order valence-corrected chi connectivity index (χ0v) is 13.1. The lowest BCUT2D eigenvalue weighted by Crippen LogP contribution is -2.50. The zero-order chi connectivity index (χ0) is 15.7. The number of nitrogens with zero attached hydrogens (tertiary/aromatic N) is 2. The number of carbonyl (C=O) groups is 1. The Labute approximate surface area is 134 Å². The van der Waals surface area contributed by atoms with Crippen LogP contribution in [0.25, 0.3) is 0 Å². The Kier molecular flexibility index (Phi) is 4.66. The van der Waals surface area contributed by atoms with Gasteiger partial charge in [-0.2, -0.15) is 0 Å². The predicted molar refractivity (Wildman–Crippen MR) is 82.5 cm³/mol. The lowest BCUT2D eigenvalue weighted by Gasteiger charge is -2.35. The Hall–Kier alpha value is -1.17. The van der Waals surface area contributed by atoms with E-state index in [1.165, 1.54) is 18.2 Å². The van der Waals surface area contributed by atoms with Crippen molar-refractivity contribution in [2.45, 2.75) is 18.9 Å². The molecule has 0 spiro atoms. The predicted octanol–water partition coefficient (Wildman–Crippen LogP) is 2.01. The molecular weight excluding hydrogens is 307 g/mol. The third-order valence-electron chi connectivity index (χ3n) is 4.45. The number of amides is 1. The largest absolute Gasteiger partial charge is 0.392 e. The molecule has 1 saturated heterocycles. The maximum Gasteiger partial charge on any atom is 0.258 e. The van der Waals surface area contributed by atoms with E-state index in [9.17, 15) is 14.3 Å². The minimum absolute atomic E-state index is 0.0457. The van der Waals surface area contributed by atoms with Crippen molar-refractivity contribution < 1.29 is 14.3 Å². The van der Waals surface area contributed by atoms with Crippen LogP contribution in [0.2, 0.25) is 5.02 Å². The quantitative estimate of drug-likeness (QED) is 0.920. The van der Waals surface area contributed by atoms with Crippen molar-refractivity contribution >= 4 is 17.5 Å². The molecule has 3 rings (SSSR count). The fourth-order valence-corrected chi connectivity index (χ4v) is 3.13. The minimum Gasteiger partial charge on any atom is -0.392 e. The van der Waals surface area contributed by atoms with E-state index in [1.54, 1.807) is 4.90 Å². The molecule has 1 amide bonds. The molecule has 0 bridgehead atoms. The first kappa shape index (κ1) is 15.7. The van der Waals surface area contributed by atoms with E-state index in [2.05, 4.69) is 4.90 Å². The molecule has 2 fully saturated rings. The molecule has 2 aliphatic rings. The van der Waals surface area contributed by atoms with Crippen LogP contribution in [0.5, 0.6) is 0 Å². The third-order valence-corrected chi connectivity index (χ3v) is 4.76. The van der Waals surface area contributed by atoms with Gasteiger partial charge in [0.25, 0.3) is 5.91 Å². The van der Waals surface area contributed by atoms with Crippen LogP contribution >= 0.6 is 11.6 Å². The van der Waals surface area contributed by atoms with E-state index in [4.69, 9.17) is 11.6 Å². The normalized spacial score (nSPS) is 21.0. The maximum absolute atomic E-state index is 13.8. The molecule has 0 radical (unpaired) electrons. The smallest absolute Gasteiger partial charge is 0.258 e. The molecule has 1 saturated carbocycles. The number of halogens is 2. The highest BCUT2D eigenvalue weighted by atomic mass is 35.5. The van der Waals surface area contributed by atoms with Crippen LogP contribution < -0.4 is 0 Å². The summed E-state index contributed by atoms with van der Waals surface area (Å²) < 4.78 is 13.8. The standard InChI is InChI=1S/C16H20ClFN2O2/c17-12-2-1-3-13(18)15(12)16(22)20-8-6-19(7-9-20)10-14(21)11-4-5-11/h1-3,11,14,21H,4-10H2. The van der Waals surface area contributed by atoms with Crippen molar-refractivity contribution in [2.75, 3.05) is 32.7 Å². The summed E-state index contributed by atoms with van der Waals surface area (Å²) in [6.07, 6.45) is 1.97. The first-order chi connectivity index (χ1) is 10.6. The van der Waals surface area contributed by atoms with E-state index < -0.39 is 5.82 Å². The van der Waals surface area contributed by atoms with Gasteiger partial charge in [0.2, 0.25) is 0 Å². The Bertz CT molecular complexity index is 537. The molecular formula is C16H20ClFN2O2. The lowest BCUT2D eigenvalue weighted by atomic mass is 10.1. The van der Waals surface area contributed by atoms with Crippen molar-refractivity contribution in [1.82, 2.24) is 9.80 Å². The molecule has 4 nitrogen and oxygen atoms in total. The van der Waals surface area contributed by atoms with E-state index in [-0.39, 0.29) is 22.6 Å². The molecule has 1 aromatic rings. The number of piperazine rings is 1. The summed E-state index contributed by atoms with van der Waals surface area (Å²) in [7, 11) is 0. The average Bonchev–Trinajstić information content (AvgIpc) is 3.32. The van der Waals surface area contributed by atoms with Gasteiger partial charge in [0.05, 0.1) is 16.7 Å². The summed E-state index contributed by atoms with van der Waals surface area (Å²) in [4.78, 5) is 16.2. The number of hydrogen-bond acceptors (Lipinski definition) is 3. The van der Waals surface area contributed by atoms with Crippen LogP contribution in [0.15, 0.2) is 18.2 Å². The molecule has 1 aliphatic carbocycles. The zero-order valence-electron chi connectivity index (χ0n) is 12.3. The van der Waals surface area contributed by atoms with Gasteiger partial charge in [-0.1, -0.05) is 17.7 Å². The summed E-state index contributed by atoms with van der Waals surface area (Å²) in [6, 6.07) is 4.27. The van der Waals surface area contributed by atoms with E-state index in [0.29, 0.717) is 38.6 Å². The number of β-amino-alcohol motifs (C(OH)–C–C–N with tert-alkyl or cyclic N) is 1. The second-order valence-corrected chi connectivity index (χ2v) is 6.50. The fraction of sp³-hybridized carbons (Fsp3) is 0.562. The number of benzene rings is 1. The Balaban J connectivity index is 1.57. The summed E-state index contributed by atoms with van der Waals surface area (Å²) in [6.45, 7) is 3.11. The molecule has 1 aliphatic heterocycles. The highest BCUT2D eigenvalue weighted by Crippen LogP contribution is 2.33. The van der Waals surface area contributed by atoms with Gasteiger partial charge in [-0.3, -0.25) is 9.69 Å². The summed E-state index contributed by atoms with van der Waals surface area (Å²) in [5, 5.41) is 10.1. The fourth-order valence-electron chi connectivity index (χ4n) is 2.89. The number of aliphatic hydroxyl groups excluding tert-OH is 1. The van der Waals surface area contributed by atoms with Crippen LogP contribution in [-0.2, 0) is 0 Å². The van der Waals surface area contributed by atoms with Crippen LogP contribution in [0.1, 0.15) is 23.2 Å². The van der Waals surface area contributed by atoms with Gasteiger partial charge in [0.15, 0.2) is 0 Å². The molecule has 1 atom stereocenters. The van der Waals surface area contributed by atoms with Gasteiger partial charge in [-0.05, 0) is 30.9 Å². The average molecular weight is 327 g/mol. The topological polar surface area (TPSA) is 43.8 Å². The summed E-state index contributed by atoms with van der Waals surface area (Å²) in [5.41, 5.74) is -0.0457. The molecule has 1 aromatic carbocycles. The molecule has 120 valence electrons. The monoisotopic (exact) mass is 326 g/mol. The van der Waals surface area contributed by atoms with Gasteiger partial charge in [-0.25, -0.2) is 4.39 Å². The van der Waals surface area contributed by atoms with Crippen molar-refractivity contribution in [3.63, 3.8) is 0 Å². The van der Waals surface area contributed by atoms with Gasteiger partial charge >= 0.3 is 0 Å². The summed E-state index contributed by atoms with van der Waals surface area (Å²) in [5.74, 6) is -0.480. The van der Waals surface area contributed by atoms with Crippen molar-refractivity contribution in [1.29, 1.82) is 0 Å². The van der Waals surface area contributed by atoms with E-state index in [0.717, 1.165) is 12.8 Å². The lowest BCUT2D eigenvalue weighted by molar-refractivity contribution is 0.0486. The number of carbonyl (C=O) groups excluding carboxylic acids is 1. The van der Waals surface area contributed by atoms with Gasteiger partial charge < -0.3 is 10.0 Å². The Morgan fingerprint density at radius 3 is 2.59 bits per heavy atom. The van der Waals surface area contributed by atoms with Crippen LogP contribution in [0, 0.1) is 11.7 Å². The number of aliphatic hydroxyl groups is 1. The molecule has 1 N–H and O–H groups in total. The van der Waals surface area contributed by atoms with Gasteiger partial charge in [0, 0.05) is 32.7 Å². The second-order valence-electron chi connectivity index (χ2n) is 6.09. The van der Waals surface area contributed by atoms with Crippen LogP contribution in [0.4, 0.5) is 4.39 Å². The van der Waals surface area contributed by atoms with Gasteiger partial charge in [-0.15, -0.1) is 0 Å². The molecule has 1 unspecified atom stereocenters. The number of hydrogen-bond donors (Lipinski definition) is 1. The van der Waals surface area contributed by atoms with Crippen molar-refractivity contribution in [3.05, 3.63) is 34.6 Å². The van der Waals surface area contributed by atoms with Crippen molar-refractivity contribution in [3.8, 4) is 0 Å². The molecule has 0 aromatic heterocycles. The molecule has 6 heteroatoms. The maximum atomic E-state index is 13.8. The highest BCUT2D eigenvalue weighted by Gasteiger charge is 2.32. The second kappa shape index (κ2) is 6.52. The Morgan fingerprint density at radius 1 is 1.32 bits per heavy atom. The first-order valence-corrected chi connectivity index (χ1v) is 8.08. The van der Waals surface area contributed by atoms with Crippen LogP contribution in [-0.4, -0.2) is 59.6 Å². The van der Waals surface area contributed by atoms with Crippen LogP contribution in [0.3, 0.4) is 0 Å². The SMILES string of the molecule is O=C(c1c(F)cccc1Cl)N1CCN(CC(O)C2CC2)CC1. The highest BCUT2D eigenvalue weighted by molar-refractivity contribution is 6.33. The first-order valence-electron chi connectivity index (χ1n) is 7.70. The third kappa shape index (κ3) is 3.42.